The number of fused-ring (bicyclic) bond motifs is 2. The molecular weight excluding hydrogens is 743 g/mol. The first kappa shape index (κ1) is 36.3. The Morgan fingerprint density at radius 3 is 2.60 bits per heavy atom. The summed E-state index contributed by atoms with van der Waals surface area (Å²) in [6.07, 6.45) is 11.5. The third-order valence-corrected chi connectivity index (χ3v) is 12.0. The Kier molecular flexibility index (Phi) is 10.5. The zero-order valence-electron chi connectivity index (χ0n) is 30.5. The lowest BCUT2D eigenvalue weighted by Gasteiger charge is -2.40. The lowest BCUT2D eigenvalue weighted by atomic mass is 9.91. The van der Waals surface area contributed by atoms with Gasteiger partial charge in [0.1, 0.15) is 24.2 Å². The highest BCUT2D eigenvalue weighted by molar-refractivity contribution is 9.10. The number of methoxy groups -OCH3 is 1. The van der Waals surface area contributed by atoms with Gasteiger partial charge >= 0.3 is 0 Å². The van der Waals surface area contributed by atoms with Gasteiger partial charge in [-0.1, -0.05) is 0 Å². The number of benzene rings is 2. The van der Waals surface area contributed by atoms with Crippen molar-refractivity contribution in [2.24, 2.45) is 13.0 Å². The number of hydrogen-bond acceptors (Lipinski definition) is 12. The van der Waals surface area contributed by atoms with Gasteiger partial charge in [-0.2, -0.15) is 10.1 Å². The normalized spacial score (nSPS) is 17.9. The van der Waals surface area contributed by atoms with Crippen molar-refractivity contribution >= 4 is 68.2 Å². The number of halogens is 1. The van der Waals surface area contributed by atoms with E-state index in [4.69, 9.17) is 14.5 Å². The number of likely N-dealkylation sites (tertiary alicyclic amines) is 1. The van der Waals surface area contributed by atoms with E-state index in [1.807, 2.05) is 36.3 Å². The van der Waals surface area contributed by atoms with Gasteiger partial charge in [-0.3, -0.25) is 19.5 Å². The quantitative estimate of drug-likeness (QED) is 0.131. The average molecular weight is 790 g/mol. The lowest BCUT2D eigenvalue weighted by Crippen LogP contribution is -2.49. The Morgan fingerprint density at radius 1 is 1.04 bits per heavy atom. The van der Waals surface area contributed by atoms with Crippen LogP contribution in [-0.2, 0) is 16.3 Å². The minimum absolute atomic E-state index is 0.235. The summed E-state index contributed by atoms with van der Waals surface area (Å²) in [7, 11) is 0.839. The van der Waals surface area contributed by atoms with Crippen LogP contribution in [0.4, 0.5) is 28.8 Å². The Labute approximate surface area is 313 Å². The summed E-state index contributed by atoms with van der Waals surface area (Å²) in [6.45, 7) is 12.4. The third kappa shape index (κ3) is 7.66. The number of aryl methyl sites for hydroxylation is 1. The largest absolute Gasteiger partial charge is 0.494 e. The van der Waals surface area contributed by atoms with Gasteiger partial charge in [0, 0.05) is 80.4 Å². The second-order valence-corrected chi connectivity index (χ2v) is 18.2. The van der Waals surface area contributed by atoms with Gasteiger partial charge in [0.05, 0.1) is 52.7 Å². The number of hydrogen-bond donors (Lipinski definition) is 2. The van der Waals surface area contributed by atoms with E-state index in [1.165, 1.54) is 6.42 Å². The zero-order valence-corrected chi connectivity index (χ0v) is 33.0. The highest BCUT2D eigenvalue weighted by Crippen LogP contribution is 2.44. The van der Waals surface area contributed by atoms with E-state index < -0.39 is 7.14 Å². The molecule has 2 fully saturated rings. The van der Waals surface area contributed by atoms with Crippen molar-refractivity contribution < 1.29 is 14.0 Å². The molecule has 0 spiro atoms. The number of rotatable bonds is 12. The molecule has 2 saturated heterocycles. The standard InChI is InChI=1S/C37H46BrN10O3P/c1-23(2)51-16-15-47-13-9-24-10-14-48(22-32(24)47)31-18-33(50-4)30(17-26(31)25-19-42-46(3)21-25)44-37-41-20-27(38)36(45-37)43-29-8-7-28-34(40-12-11-39-28)35(29)52(5,6)49/h7-8,11-12,17-21,23-24,32H,9-10,13-16,22H2,1-6H3,(H2,41,43,44,45). The molecule has 2 aliphatic rings. The first-order chi connectivity index (χ1) is 25.0. The molecule has 2 atom stereocenters. The maximum absolute atomic E-state index is 13.5. The molecule has 2 aromatic carbocycles. The summed E-state index contributed by atoms with van der Waals surface area (Å²) in [5.41, 5.74) is 5.79. The van der Waals surface area contributed by atoms with Crippen LogP contribution in [0.25, 0.3) is 22.2 Å². The number of nitrogens with one attached hydrogen (secondary N) is 2. The monoisotopic (exact) mass is 788 g/mol. The van der Waals surface area contributed by atoms with Crippen molar-refractivity contribution in [2.45, 2.75) is 38.8 Å². The molecule has 13 nitrogen and oxygen atoms in total. The van der Waals surface area contributed by atoms with Crippen LogP contribution in [-0.4, -0.2) is 100.0 Å². The Bertz CT molecular complexity index is 2120. The molecule has 2 aliphatic heterocycles. The fourth-order valence-corrected chi connectivity index (χ4v) is 9.13. The summed E-state index contributed by atoms with van der Waals surface area (Å²) in [4.78, 5) is 23.5. The number of nitrogens with zero attached hydrogens (tertiary/aromatic N) is 8. The number of piperidine rings is 1. The van der Waals surface area contributed by atoms with Crippen LogP contribution in [0.3, 0.4) is 0 Å². The van der Waals surface area contributed by atoms with Crippen molar-refractivity contribution in [1.82, 2.24) is 34.6 Å². The van der Waals surface area contributed by atoms with E-state index in [9.17, 15) is 4.57 Å². The molecule has 0 radical (unpaired) electrons. The van der Waals surface area contributed by atoms with Crippen molar-refractivity contribution in [2.75, 3.05) is 68.8 Å². The fraction of sp³-hybridized carbons (Fsp3) is 0.432. The van der Waals surface area contributed by atoms with Crippen molar-refractivity contribution in [3.05, 3.63) is 59.7 Å². The summed E-state index contributed by atoms with van der Waals surface area (Å²) in [6, 6.07) is 8.42. The van der Waals surface area contributed by atoms with Gasteiger partial charge in [-0.05, 0) is 86.6 Å². The highest BCUT2D eigenvalue weighted by atomic mass is 79.9. The van der Waals surface area contributed by atoms with E-state index in [0.717, 1.165) is 61.7 Å². The van der Waals surface area contributed by atoms with Crippen LogP contribution >= 0.6 is 23.1 Å². The van der Waals surface area contributed by atoms with E-state index in [0.29, 0.717) is 56.0 Å². The molecule has 7 rings (SSSR count). The van der Waals surface area contributed by atoms with Crippen molar-refractivity contribution in [3.8, 4) is 16.9 Å². The van der Waals surface area contributed by atoms with Crippen LogP contribution < -0.4 is 25.6 Å². The predicted octanol–water partition coefficient (Wildman–Crippen LogP) is 6.65. The van der Waals surface area contributed by atoms with Gasteiger partial charge in [-0.25, -0.2) is 4.98 Å². The summed E-state index contributed by atoms with van der Waals surface area (Å²) in [5, 5.41) is 11.9. The number of ether oxygens (including phenoxy) is 2. The molecule has 15 heteroatoms. The van der Waals surface area contributed by atoms with Crippen molar-refractivity contribution in [3.63, 3.8) is 0 Å². The fourth-order valence-electron chi connectivity index (χ4n) is 7.45. The molecule has 5 heterocycles. The summed E-state index contributed by atoms with van der Waals surface area (Å²) < 4.78 is 27.9. The van der Waals surface area contributed by atoms with E-state index in [1.54, 1.807) is 39.0 Å². The minimum atomic E-state index is -2.77. The molecule has 52 heavy (non-hydrogen) atoms. The molecular formula is C37H46BrN10O3P. The molecule has 0 amide bonds. The van der Waals surface area contributed by atoms with E-state index in [2.05, 4.69) is 82.4 Å². The van der Waals surface area contributed by atoms with Crippen LogP contribution in [0.5, 0.6) is 5.75 Å². The lowest BCUT2D eigenvalue weighted by molar-refractivity contribution is 0.0535. The van der Waals surface area contributed by atoms with Gasteiger partial charge in [-0.15, -0.1) is 0 Å². The second kappa shape index (κ2) is 15.1. The van der Waals surface area contributed by atoms with Gasteiger partial charge < -0.3 is 29.6 Å². The maximum Gasteiger partial charge on any atom is 0.229 e. The maximum atomic E-state index is 13.5. The predicted molar refractivity (Wildman–Crippen MR) is 212 cm³/mol. The third-order valence-electron chi connectivity index (χ3n) is 9.88. The first-order valence-electron chi connectivity index (χ1n) is 17.7. The van der Waals surface area contributed by atoms with Crippen LogP contribution in [0.15, 0.2) is 59.7 Å². The van der Waals surface area contributed by atoms with E-state index in [-0.39, 0.29) is 6.10 Å². The topological polar surface area (TPSA) is 135 Å². The van der Waals surface area contributed by atoms with E-state index >= 15 is 0 Å². The van der Waals surface area contributed by atoms with Crippen LogP contribution in [0.1, 0.15) is 26.7 Å². The Hall–Kier alpha value is -4.10. The molecule has 2 N–H and O–H groups in total. The SMILES string of the molecule is COc1cc(N2CCC3CCN(CCOC(C)C)C3C2)c(-c2cnn(C)c2)cc1Nc1ncc(Br)c(Nc2ccc3nccnc3c2P(C)(C)=O)n1. The Morgan fingerprint density at radius 2 is 1.85 bits per heavy atom. The smallest absolute Gasteiger partial charge is 0.229 e. The average Bonchev–Trinajstić information content (AvgIpc) is 3.74. The molecule has 5 aromatic rings. The number of anilines is 5. The molecule has 274 valence electrons. The Balaban J connectivity index is 1.20. The minimum Gasteiger partial charge on any atom is -0.494 e. The molecule has 0 saturated carbocycles. The number of aromatic nitrogens is 6. The first-order valence-corrected chi connectivity index (χ1v) is 21.1. The zero-order chi connectivity index (χ0) is 36.6. The van der Waals surface area contributed by atoms with Crippen LogP contribution in [0, 0.1) is 5.92 Å². The van der Waals surface area contributed by atoms with Gasteiger partial charge in [0.25, 0.3) is 0 Å². The van der Waals surface area contributed by atoms with Gasteiger partial charge in [0.15, 0.2) is 0 Å². The molecule has 0 aliphatic carbocycles. The highest BCUT2D eigenvalue weighted by Gasteiger charge is 2.39. The molecule has 2 unspecified atom stereocenters. The summed E-state index contributed by atoms with van der Waals surface area (Å²) in [5.74, 6) is 2.23. The van der Waals surface area contributed by atoms with Gasteiger partial charge in [0.2, 0.25) is 5.95 Å². The van der Waals surface area contributed by atoms with Crippen LogP contribution in [0.2, 0.25) is 0 Å². The summed E-state index contributed by atoms with van der Waals surface area (Å²) >= 11 is 3.61. The van der Waals surface area contributed by atoms with Crippen molar-refractivity contribution in [1.29, 1.82) is 0 Å². The second-order valence-electron chi connectivity index (χ2n) is 14.2. The molecule has 3 aromatic heterocycles. The molecule has 0 bridgehead atoms.